The van der Waals surface area contributed by atoms with Crippen molar-refractivity contribution in [2.75, 3.05) is 6.54 Å². The molecule has 26 heavy (non-hydrogen) atoms. The lowest BCUT2D eigenvalue weighted by molar-refractivity contribution is 0.0961. The monoisotopic (exact) mass is 388 g/mol. The molecule has 1 heterocycles. The van der Waals surface area contributed by atoms with E-state index in [2.05, 4.69) is 17.0 Å². The average Bonchev–Trinajstić information content (AvgIpc) is 3.11. The van der Waals surface area contributed by atoms with Crippen LogP contribution in [0.4, 0.5) is 0 Å². The molecule has 2 aromatic rings. The second-order valence-electron chi connectivity index (χ2n) is 5.65. The molecule has 0 saturated carbocycles. The van der Waals surface area contributed by atoms with Crippen LogP contribution in [0.1, 0.15) is 22.2 Å². The van der Waals surface area contributed by atoms with Crippen molar-refractivity contribution in [2.45, 2.75) is 23.0 Å². The maximum Gasteiger partial charge on any atom is 0.261 e. The van der Waals surface area contributed by atoms with Crippen LogP contribution in [0.15, 0.2) is 74.4 Å². The van der Waals surface area contributed by atoms with Gasteiger partial charge in [-0.05, 0) is 50.9 Å². The van der Waals surface area contributed by atoms with Crippen molar-refractivity contribution in [3.8, 4) is 0 Å². The van der Waals surface area contributed by atoms with Gasteiger partial charge in [-0.1, -0.05) is 29.3 Å². The molecular weight excluding hydrogens is 368 g/mol. The molecule has 0 bridgehead atoms. The average molecular weight is 389 g/mol. The summed E-state index contributed by atoms with van der Waals surface area (Å²) in [5.74, 6) is -0.307. The Morgan fingerprint density at radius 3 is 2.58 bits per heavy atom. The molecule has 136 valence electrons. The number of hydrogen-bond donors (Lipinski definition) is 1. The molecule has 1 aromatic carbocycles. The van der Waals surface area contributed by atoms with E-state index in [9.17, 15) is 13.2 Å². The number of carbonyl (C=O) groups excluding carboxylic acids is 1. The van der Waals surface area contributed by atoms with E-state index >= 15 is 0 Å². The Morgan fingerprint density at radius 2 is 1.92 bits per heavy atom. The largest absolute Gasteiger partial charge is 0.348 e. The van der Waals surface area contributed by atoms with Crippen LogP contribution in [0.2, 0.25) is 0 Å². The van der Waals surface area contributed by atoms with Gasteiger partial charge < -0.3 is 5.32 Å². The summed E-state index contributed by atoms with van der Waals surface area (Å²) >= 11 is 0.963. The van der Waals surface area contributed by atoms with Crippen LogP contribution < -0.4 is 5.32 Å². The van der Waals surface area contributed by atoms with Gasteiger partial charge in [-0.3, -0.25) is 9.79 Å². The highest BCUT2D eigenvalue weighted by atomic mass is 32.2. The molecule has 2 rings (SSSR count). The van der Waals surface area contributed by atoms with Gasteiger partial charge >= 0.3 is 0 Å². The van der Waals surface area contributed by atoms with Crippen LogP contribution in [0.3, 0.4) is 0 Å². The van der Waals surface area contributed by atoms with Crippen LogP contribution >= 0.6 is 11.3 Å². The minimum Gasteiger partial charge on any atom is -0.348 e. The van der Waals surface area contributed by atoms with Crippen molar-refractivity contribution in [3.63, 3.8) is 0 Å². The van der Waals surface area contributed by atoms with Crippen molar-refractivity contribution in [2.24, 2.45) is 4.99 Å². The normalized spacial score (nSPS) is 12.3. The van der Waals surface area contributed by atoms with Gasteiger partial charge in [-0.15, -0.1) is 11.3 Å². The maximum absolute atomic E-state index is 12.6. The van der Waals surface area contributed by atoms with Gasteiger partial charge in [0, 0.05) is 12.7 Å². The number of sulfone groups is 1. The first-order chi connectivity index (χ1) is 12.3. The predicted molar refractivity (Wildman–Crippen MR) is 106 cm³/mol. The second kappa shape index (κ2) is 8.73. The first-order valence-electron chi connectivity index (χ1n) is 7.82. The number of benzene rings is 1. The highest BCUT2D eigenvalue weighted by Gasteiger charge is 2.21. The zero-order valence-corrected chi connectivity index (χ0v) is 16.2. The molecule has 0 saturated heterocycles. The molecule has 0 aliphatic rings. The van der Waals surface area contributed by atoms with Crippen molar-refractivity contribution >= 4 is 33.8 Å². The van der Waals surface area contributed by atoms with E-state index in [1.54, 1.807) is 36.5 Å². The van der Waals surface area contributed by atoms with E-state index < -0.39 is 9.84 Å². The smallest absolute Gasteiger partial charge is 0.261 e. The predicted octanol–water partition coefficient (Wildman–Crippen LogP) is 3.78. The number of nitrogens with one attached hydrogen (secondary N) is 1. The molecule has 7 heteroatoms. The van der Waals surface area contributed by atoms with Crippen LogP contribution in [-0.2, 0) is 9.84 Å². The molecule has 0 radical (unpaired) electrons. The van der Waals surface area contributed by atoms with E-state index in [0.29, 0.717) is 11.4 Å². The maximum atomic E-state index is 12.6. The highest BCUT2D eigenvalue weighted by molar-refractivity contribution is 7.93. The van der Waals surface area contributed by atoms with Gasteiger partial charge in [-0.2, -0.15) is 0 Å². The first-order valence-corrected chi connectivity index (χ1v) is 10.1. The molecular formula is C19H20N2O3S2. The van der Waals surface area contributed by atoms with Crippen LogP contribution in [0.5, 0.6) is 0 Å². The Labute approximate surface area is 157 Å². The third kappa shape index (κ3) is 5.00. The lowest BCUT2D eigenvalue weighted by Crippen LogP contribution is -2.24. The lowest BCUT2D eigenvalue weighted by atomic mass is 10.2. The summed E-state index contributed by atoms with van der Waals surface area (Å²) in [5.41, 5.74) is 1.92. The Kier molecular flexibility index (Phi) is 6.65. The summed E-state index contributed by atoms with van der Waals surface area (Å²) in [6, 6.07) is 9.64. The molecule has 1 amide bonds. The molecule has 1 aromatic heterocycles. The van der Waals surface area contributed by atoms with E-state index in [0.717, 1.165) is 22.5 Å². The fourth-order valence-electron chi connectivity index (χ4n) is 2.05. The zero-order valence-electron chi connectivity index (χ0n) is 14.6. The van der Waals surface area contributed by atoms with Gasteiger partial charge in [0.25, 0.3) is 5.91 Å². The third-order valence-electron chi connectivity index (χ3n) is 3.50. The van der Waals surface area contributed by atoms with E-state index in [-0.39, 0.29) is 15.0 Å². The van der Waals surface area contributed by atoms with Gasteiger partial charge in [0.05, 0.1) is 9.77 Å². The Balaban J connectivity index is 2.10. The molecule has 0 unspecified atom stereocenters. The van der Waals surface area contributed by atoms with Crippen LogP contribution in [-0.4, -0.2) is 27.6 Å². The molecule has 0 atom stereocenters. The standard InChI is InChI=1S/C19H20N2O3S2/c1-14-6-8-16(9-7-14)26(23,24)18-11-10-17(25-18)19(22)21-13-15(2)5-4-12-20-3/h4-12H,3,13H2,1-2H3,(H,21,22)/b12-4-,15-5+. The summed E-state index contributed by atoms with van der Waals surface area (Å²) in [6.07, 6.45) is 5.09. The van der Waals surface area contributed by atoms with Crippen molar-refractivity contribution in [1.82, 2.24) is 5.32 Å². The summed E-state index contributed by atoms with van der Waals surface area (Å²) in [5, 5.41) is 2.77. The first kappa shape index (κ1) is 19.8. The topological polar surface area (TPSA) is 75.6 Å². The summed E-state index contributed by atoms with van der Waals surface area (Å²) in [6.45, 7) is 7.46. The summed E-state index contributed by atoms with van der Waals surface area (Å²) in [7, 11) is -3.61. The SMILES string of the molecule is C=N/C=C\C=C(/C)CNC(=O)c1ccc(S(=O)(=O)c2ccc(C)cc2)s1. The minimum atomic E-state index is -3.61. The highest BCUT2D eigenvalue weighted by Crippen LogP contribution is 2.28. The summed E-state index contributed by atoms with van der Waals surface area (Å²) in [4.78, 5) is 16.4. The Morgan fingerprint density at radius 1 is 1.23 bits per heavy atom. The van der Waals surface area contributed by atoms with E-state index in [4.69, 9.17) is 0 Å². The number of nitrogens with zero attached hydrogens (tertiary/aromatic N) is 1. The Bertz CT molecular complexity index is 953. The summed E-state index contributed by atoms with van der Waals surface area (Å²) < 4.78 is 25.4. The zero-order chi connectivity index (χ0) is 19.2. The van der Waals surface area contributed by atoms with Gasteiger partial charge in [0.2, 0.25) is 9.84 Å². The fourth-order valence-corrected chi connectivity index (χ4v) is 4.68. The van der Waals surface area contributed by atoms with E-state index in [1.807, 2.05) is 19.9 Å². The number of rotatable bonds is 7. The third-order valence-corrected chi connectivity index (χ3v) is 6.85. The van der Waals surface area contributed by atoms with Crippen molar-refractivity contribution in [3.05, 3.63) is 70.8 Å². The van der Waals surface area contributed by atoms with E-state index in [1.165, 1.54) is 12.1 Å². The second-order valence-corrected chi connectivity index (χ2v) is 8.92. The Hall–Kier alpha value is -2.51. The fraction of sp³-hybridized carbons (Fsp3) is 0.158. The number of allylic oxidation sites excluding steroid dienone is 2. The molecule has 0 spiro atoms. The number of hydrogen-bond acceptors (Lipinski definition) is 5. The lowest BCUT2D eigenvalue weighted by Gasteiger charge is -2.04. The number of carbonyl (C=O) groups is 1. The van der Waals surface area contributed by atoms with Gasteiger partial charge in [-0.25, -0.2) is 8.42 Å². The number of aliphatic imine (C=N–C) groups is 1. The molecule has 0 aliphatic heterocycles. The van der Waals surface area contributed by atoms with Gasteiger partial charge in [0.1, 0.15) is 4.21 Å². The molecule has 1 N–H and O–H groups in total. The number of aryl methyl sites for hydroxylation is 1. The minimum absolute atomic E-state index is 0.152. The molecule has 0 aliphatic carbocycles. The van der Waals surface area contributed by atoms with Crippen LogP contribution in [0, 0.1) is 6.92 Å². The molecule has 0 fully saturated rings. The number of thiophene rings is 1. The molecule has 5 nitrogen and oxygen atoms in total. The number of amides is 1. The van der Waals surface area contributed by atoms with Gasteiger partial charge in [0.15, 0.2) is 0 Å². The van der Waals surface area contributed by atoms with Crippen molar-refractivity contribution in [1.29, 1.82) is 0 Å². The van der Waals surface area contributed by atoms with Crippen LogP contribution in [0.25, 0.3) is 0 Å². The quantitative estimate of drug-likeness (QED) is 0.579. The van der Waals surface area contributed by atoms with Crippen molar-refractivity contribution < 1.29 is 13.2 Å².